The first-order chi connectivity index (χ1) is 16.9. The van der Waals surface area contributed by atoms with Gasteiger partial charge in [0.05, 0.1) is 18.8 Å². The van der Waals surface area contributed by atoms with E-state index in [1.165, 1.54) is 10.4 Å². The van der Waals surface area contributed by atoms with Crippen LogP contribution in [0.2, 0.25) is 0 Å². The third-order valence-corrected chi connectivity index (χ3v) is 8.78. The van der Waals surface area contributed by atoms with Gasteiger partial charge in [-0.3, -0.25) is 9.48 Å². The summed E-state index contributed by atoms with van der Waals surface area (Å²) in [5.41, 5.74) is 3.35. The summed E-state index contributed by atoms with van der Waals surface area (Å²) in [7, 11) is -3.99. The maximum absolute atomic E-state index is 14.6. The molecule has 5 rings (SSSR count). The molecule has 1 N–H and O–H groups in total. The first-order valence-corrected chi connectivity index (χ1v) is 13.6. The number of nitrogens with zero attached hydrogens (tertiary/aromatic N) is 3. The van der Waals surface area contributed by atoms with Gasteiger partial charge in [0.2, 0.25) is 10.0 Å². The third-order valence-electron chi connectivity index (χ3n) is 6.87. The largest absolute Gasteiger partial charge is 0.345 e. The Morgan fingerprint density at radius 3 is 2.60 bits per heavy atom. The SMILES string of the molecule is O=C(NC1CCCc2c1cnn2Cc1ccccc1)c1ccc(F)c(S(=O)(=O)N2CCCCC2)c1. The molecular weight excluding hydrogens is 467 g/mol. The Morgan fingerprint density at radius 1 is 1.06 bits per heavy atom. The minimum Gasteiger partial charge on any atom is -0.345 e. The lowest BCUT2D eigenvalue weighted by Gasteiger charge is -2.26. The first-order valence-electron chi connectivity index (χ1n) is 12.1. The van der Waals surface area contributed by atoms with E-state index < -0.39 is 26.6 Å². The van der Waals surface area contributed by atoms with E-state index in [9.17, 15) is 17.6 Å². The summed E-state index contributed by atoms with van der Waals surface area (Å²) in [5.74, 6) is -1.26. The van der Waals surface area contributed by atoms with Gasteiger partial charge in [-0.15, -0.1) is 0 Å². The van der Waals surface area contributed by atoms with E-state index in [1.807, 2.05) is 22.9 Å². The zero-order chi connectivity index (χ0) is 24.4. The number of piperidine rings is 1. The van der Waals surface area contributed by atoms with Crippen molar-refractivity contribution in [1.29, 1.82) is 0 Å². The first kappa shape index (κ1) is 23.7. The lowest BCUT2D eigenvalue weighted by atomic mass is 9.92. The molecule has 0 spiro atoms. The number of hydrogen-bond acceptors (Lipinski definition) is 4. The van der Waals surface area contributed by atoms with Gasteiger partial charge in [-0.05, 0) is 55.9 Å². The van der Waals surface area contributed by atoms with Gasteiger partial charge in [-0.25, -0.2) is 12.8 Å². The van der Waals surface area contributed by atoms with Crippen LogP contribution in [0.3, 0.4) is 0 Å². The molecule has 0 radical (unpaired) electrons. The Morgan fingerprint density at radius 2 is 1.83 bits per heavy atom. The number of hydrogen-bond donors (Lipinski definition) is 1. The van der Waals surface area contributed by atoms with Crippen LogP contribution in [0.1, 0.15) is 65.3 Å². The lowest BCUT2D eigenvalue weighted by molar-refractivity contribution is 0.0932. The third kappa shape index (κ3) is 4.88. The van der Waals surface area contributed by atoms with Crippen LogP contribution in [0.4, 0.5) is 4.39 Å². The maximum Gasteiger partial charge on any atom is 0.251 e. The standard InChI is InChI=1S/C26H29FN4O3S/c27-22-13-12-20(16-25(22)35(33,34)30-14-5-2-6-15-30)26(32)29-23-10-7-11-24-21(23)17-28-31(24)18-19-8-3-1-4-9-19/h1,3-4,8-9,12-13,16-17,23H,2,5-7,10-11,14-15,18H2,(H,29,32). The van der Waals surface area contributed by atoms with Gasteiger partial charge < -0.3 is 5.32 Å². The molecular formula is C26H29FN4O3S. The molecule has 2 aromatic carbocycles. The van der Waals surface area contributed by atoms with Crippen molar-refractivity contribution in [3.05, 3.63) is 82.9 Å². The molecule has 1 amide bonds. The highest BCUT2D eigenvalue weighted by Gasteiger charge is 2.30. The fraction of sp³-hybridized carbons (Fsp3) is 0.385. The van der Waals surface area contributed by atoms with Crippen LogP contribution in [0.5, 0.6) is 0 Å². The lowest BCUT2D eigenvalue weighted by Crippen LogP contribution is -2.36. The van der Waals surface area contributed by atoms with E-state index in [4.69, 9.17) is 0 Å². The van der Waals surface area contributed by atoms with Gasteiger partial charge in [0.1, 0.15) is 10.7 Å². The van der Waals surface area contributed by atoms with Crippen LogP contribution >= 0.6 is 0 Å². The van der Waals surface area contributed by atoms with Crippen molar-refractivity contribution in [2.45, 2.75) is 56.0 Å². The number of nitrogens with one attached hydrogen (secondary N) is 1. The van der Waals surface area contributed by atoms with Crippen molar-refractivity contribution < 1.29 is 17.6 Å². The Labute approximate surface area is 205 Å². The molecule has 1 fully saturated rings. The summed E-state index contributed by atoms with van der Waals surface area (Å²) in [6.07, 6.45) is 6.81. The van der Waals surface area contributed by atoms with Crippen molar-refractivity contribution >= 4 is 15.9 Å². The van der Waals surface area contributed by atoms with Crippen molar-refractivity contribution in [1.82, 2.24) is 19.4 Å². The Kier molecular flexibility index (Phi) is 6.71. The number of amides is 1. The molecule has 1 atom stereocenters. The number of carbonyl (C=O) groups is 1. The highest BCUT2D eigenvalue weighted by molar-refractivity contribution is 7.89. The summed E-state index contributed by atoms with van der Waals surface area (Å²) < 4.78 is 43.9. The smallest absolute Gasteiger partial charge is 0.251 e. The van der Waals surface area contributed by atoms with Crippen molar-refractivity contribution in [2.24, 2.45) is 0 Å². The molecule has 1 aromatic heterocycles. The van der Waals surface area contributed by atoms with Gasteiger partial charge in [0.25, 0.3) is 5.91 Å². The molecule has 1 aliphatic heterocycles. The summed E-state index contributed by atoms with van der Waals surface area (Å²) in [6.45, 7) is 1.40. The number of sulfonamides is 1. The molecule has 1 aliphatic carbocycles. The molecule has 0 bridgehead atoms. The average Bonchev–Trinajstić information content (AvgIpc) is 3.29. The molecule has 35 heavy (non-hydrogen) atoms. The number of carbonyl (C=O) groups excluding carboxylic acids is 1. The molecule has 2 heterocycles. The van der Waals surface area contributed by atoms with E-state index in [2.05, 4.69) is 22.5 Å². The van der Waals surface area contributed by atoms with Gasteiger partial charge in [-0.1, -0.05) is 36.8 Å². The Hall–Kier alpha value is -3.04. The van der Waals surface area contributed by atoms with Crippen LogP contribution in [-0.4, -0.2) is 41.5 Å². The number of halogens is 1. The second kappa shape index (κ2) is 9.91. The summed E-state index contributed by atoms with van der Waals surface area (Å²) in [6, 6.07) is 13.4. The van der Waals surface area contributed by atoms with Crippen LogP contribution < -0.4 is 5.32 Å². The van der Waals surface area contributed by atoms with Crippen LogP contribution in [0.15, 0.2) is 59.6 Å². The zero-order valence-corrected chi connectivity index (χ0v) is 20.3. The minimum absolute atomic E-state index is 0.130. The molecule has 9 heteroatoms. The van der Waals surface area contributed by atoms with Gasteiger partial charge in [0.15, 0.2) is 0 Å². The average molecular weight is 497 g/mol. The van der Waals surface area contributed by atoms with E-state index in [0.29, 0.717) is 19.6 Å². The topological polar surface area (TPSA) is 84.3 Å². The molecule has 184 valence electrons. The molecule has 1 unspecified atom stereocenters. The van der Waals surface area contributed by atoms with Gasteiger partial charge >= 0.3 is 0 Å². The number of aromatic nitrogens is 2. The zero-order valence-electron chi connectivity index (χ0n) is 19.5. The fourth-order valence-corrected chi connectivity index (χ4v) is 6.60. The highest BCUT2D eigenvalue weighted by Crippen LogP contribution is 2.31. The number of benzene rings is 2. The van der Waals surface area contributed by atoms with E-state index in [0.717, 1.165) is 67.5 Å². The molecule has 3 aromatic rings. The maximum atomic E-state index is 14.6. The summed E-state index contributed by atoms with van der Waals surface area (Å²) in [4.78, 5) is 12.7. The van der Waals surface area contributed by atoms with Crippen LogP contribution in [0.25, 0.3) is 0 Å². The predicted octanol–water partition coefficient (Wildman–Crippen LogP) is 4.05. The second-order valence-corrected chi connectivity index (χ2v) is 11.1. The van der Waals surface area contributed by atoms with Crippen molar-refractivity contribution in [3.63, 3.8) is 0 Å². The van der Waals surface area contributed by atoms with Gasteiger partial charge in [0, 0.05) is 29.9 Å². The van der Waals surface area contributed by atoms with Crippen LogP contribution in [0, 0.1) is 5.82 Å². The van der Waals surface area contributed by atoms with Crippen LogP contribution in [-0.2, 0) is 23.0 Å². The Bertz CT molecular complexity index is 1320. The van der Waals surface area contributed by atoms with Crippen molar-refractivity contribution in [3.8, 4) is 0 Å². The quantitative estimate of drug-likeness (QED) is 0.558. The predicted molar refractivity (Wildman–Crippen MR) is 130 cm³/mol. The summed E-state index contributed by atoms with van der Waals surface area (Å²) >= 11 is 0. The van der Waals surface area contributed by atoms with Crippen molar-refractivity contribution in [2.75, 3.05) is 13.1 Å². The number of rotatable bonds is 6. The molecule has 1 saturated heterocycles. The Balaban J connectivity index is 1.35. The fourth-order valence-electron chi connectivity index (χ4n) is 4.99. The van der Waals surface area contributed by atoms with E-state index >= 15 is 0 Å². The number of fused-ring (bicyclic) bond motifs is 1. The van der Waals surface area contributed by atoms with Gasteiger partial charge in [-0.2, -0.15) is 9.40 Å². The van der Waals surface area contributed by atoms with E-state index in [-0.39, 0.29) is 11.6 Å². The monoisotopic (exact) mass is 496 g/mol. The summed E-state index contributed by atoms with van der Waals surface area (Å²) in [5, 5.41) is 7.59. The highest BCUT2D eigenvalue weighted by atomic mass is 32.2. The molecule has 2 aliphatic rings. The van der Waals surface area contributed by atoms with E-state index in [1.54, 1.807) is 6.20 Å². The minimum atomic E-state index is -3.99. The normalized spacial score (nSPS) is 18.7. The molecule has 7 nitrogen and oxygen atoms in total. The second-order valence-electron chi connectivity index (χ2n) is 9.22. The molecule has 0 saturated carbocycles.